The minimum absolute atomic E-state index is 0.0650. The Labute approximate surface area is 174 Å². The first-order valence-corrected chi connectivity index (χ1v) is 9.77. The van der Waals surface area contributed by atoms with Crippen molar-refractivity contribution < 1.29 is 39.4 Å². The van der Waals surface area contributed by atoms with Crippen LogP contribution in [0.1, 0.15) is 87.5 Å². The lowest BCUT2D eigenvalue weighted by Gasteiger charge is -2.18. The van der Waals surface area contributed by atoms with Gasteiger partial charge in [0, 0.05) is 12.5 Å². The van der Waals surface area contributed by atoms with E-state index < -0.39 is 17.4 Å². The predicted molar refractivity (Wildman–Crippen MR) is 109 cm³/mol. The highest BCUT2D eigenvalue weighted by Crippen LogP contribution is 2.25. The van der Waals surface area contributed by atoms with Gasteiger partial charge in [-0.1, -0.05) is 54.4 Å². The molecule has 0 aromatic carbocycles. The smallest absolute Gasteiger partial charge is 0.369 e. The fourth-order valence-electron chi connectivity index (χ4n) is 2.05. The molecule has 0 aromatic heterocycles. The van der Waals surface area contributed by atoms with Crippen molar-refractivity contribution in [2.75, 3.05) is 0 Å². The molecule has 2 N–H and O–H groups in total. The Morgan fingerprint density at radius 3 is 1.90 bits per heavy atom. The van der Waals surface area contributed by atoms with Crippen LogP contribution in [-0.2, 0) is 29.0 Å². The molecule has 0 fully saturated rings. The Morgan fingerprint density at radius 2 is 1.52 bits per heavy atom. The summed E-state index contributed by atoms with van der Waals surface area (Å²) < 4.78 is 0. The summed E-state index contributed by atoms with van der Waals surface area (Å²) in [6.07, 6.45) is 5.44. The Balaban J connectivity index is 0. The van der Waals surface area contributed by atoms with Crippen molar-refractivity contribution in [1.82, 2.24) is 0 Å². The normalized spacial score (nSPS) is 12.1. The number of carbonyl (C=O) groups excluding carboxylic acids is 2. The van der Waals surface area contributed by atoms with Gasteiger partial charge in [0.2, 0.25) is 0 Å². The summed E-state index contributed by atoms with van der Waals surface area (Å²) in [7, 11) is 0. The third kappa shape index (κ3) is 19.2. The van der Waals surface area contributed by atoms with E-state index in [1.54, 1.807) is 20.8 Å². The van der Waals surface area contributed by atoms with E-state index >= 15 is 0 Å². The molecule has 0 amide bonds. The summed E-state index contributed by atoms with van der Waals surface area (Å²) in [6, 6.07) is 0. The first kappa shape index (κ1) is 29.3. The molecule has 0 rings (SSSR count). The number of rotatable bonds is 9. The quantitative estimate of drug-likeness (QED) is 0.234. The van der Waals surface area contributed by atoms with E-state index in [-0.39, 0.29) is 17.6 Å². The molecule has 0 saturated carbocycles. The SMILES string of the molecule is CC(C)(C)/C(=C/C(=O)O)C(=O)OO.CC(C)OOC(=O)CCCCCC(C)(C)C. The van der Waals surface area contributed by atoms with Crippen molar-refractivity contribution in [1.29, 1.82) is 0 Å². The molecule has 0 heterocycles. The summed E-state index contributed by atoms with van der Waals surface area (Å²) >= 11 is 0. The zero-order valence-electron chi connectivity index (χ0n) is 19.0. The molecule has 0 radical (unpaired) electrons. The molecule has 170 valence electrons. The third-order valence-electron chi connectivity index (χ3n) is 3.52. The number of aliphatic carboxylic acids is 1. The summed E-state index contributed by atoms with van der Waals surface area (Å²) in [4.78, 5) is 45.2. The maximum atomic E-state index is 11.2. The van der Waals surface area contributed by atoms with E-state index in [0.717, 1.165) is 18.9 Å². The number of hydrogen-bond donors (Lipinski definition) is 2. The zero-order chi connectivity index (χ0) is 23.3. The Kier molecular flexibility index (Phi) is 14.2. The first-order valence-electron chi connectivity index (χ1n) is 9.77. The van der Waals surface area contributed by atoms with Crippen LogP contribution in [-0.4, -0.2) is 34.4 Å². The highest BCUT2D eigenvalue weighted by Gasteiger charge is 2.26. The lowest BCUT2D eigenvalue weighted by Crippen LogP contribution is -2.20. The minimum Gasteiger partial charge on any atom is -0.478 e. The molecule has 0 atom stereocenters. The van der Waals surface area contributed by atoms with Gasteiger partial charge in [-0.25, -0.2) is 14.4 Å². The van der Waals surface area contributed by atoms with Crippen molar-refractivity contribution >= 4 is 17.9 Å². The number of carboxylic acid groups (broad SMARTS) is 1. The molecule has 0 aliphatic heterocycles. The van der Waals surface area contributed by atoms with Crippen LogP contribution in [0.2, 0.25) is 0 Å². The van der Waals surface area contributed by atoms with Crippen LogP contribution in [0.4, 0.5) is 0 Å². The van der Waals surface area contributed by atoms with E-state index in [9.17, 15) is 14.4 Å². The largest absolute Gasteiger partial charge is 0.478 e. The van der Waals surface area contributed by atoms with Gasteiger partial charge in [-0.15, -0.1) is 0 Å². The number of unbranched alkanes of at least 4 members (excludes halogenated alkanes) is 2. The van der Waals surface area contributed by atoms with Gasteiger partial charge in [-0.05, 0) is 37.5 Å². The fraction of sp³-hybridized carbons (Fsp3) is 0.762. The minimum atomic E-state index is -1.25. The third-order valence-corrected chi connectivity index (χ3v) is 3.52. The molecule has 0 aromatic rings. The van der Waals surface area contributed by atoms with Gasteiger partial charge >= 0.3 is 17.9 Å². The van der Waals surface area contributed by atoms with Crippen LogP contribution in [0.25, 0.3) is 0 Å². The molecule has 29 heavy (non-hydrogen) atoms. The lowest BCUT2D eigenvalue weighted by molar-refractivity contribution is -0.291. The van der Waals surface area contributed by atoms with E-state index in [2.05, 4.69) is 30.5 Å². The summed E-state index contributed by atoms with van der Waals surface area (Å²) in [5.74, 6) is -2.56. The average molecular weight is 419 g/mol. The van der Waals surface area contributed by atoms with Crippen LogP contribution >= 0.6 is 0 Å². The second-order valence-corrected chi connectivity index (χ2v) is 9.25. The number of carbonyl (C=O) groups is 3. The van der Waals surface area contributed by atoms with Crippen LogP contribution < -0.4 is 0 Å². The van der Waals surface area contributed by atoms with Crippen LogP contribution in [0.5, 0.6) is 0 Å². The molecular formula is C21H38O8. The molecule has 8 heteroatoms. The molecule has 0 bridgehead atoms. The van der Waals surface area contributed by atoms with Gasteiger partial charge in [-0.2, -0.15) is 10.1 Å². The van der Waals surface area contributed by atoms with Crippen molar-refractivity contribution in [3.05, 3.63) is 11.6 Å². The molecule has 0 aliphatic carbocycles. The second-order valence-electron chi connectivity index (χ2n) is 9.25. The van der Waals surface area contributed by atoms with Gasteiger partial charge in [-0.3, -0.25) is 9.78 Å². The predicted octanol–water partition coefficient (Wildman–Crippen LogP) is 4.93. The van der Waals surface area contributed by atoms with Crippen molar-refractivity contribution in [2.45, 2.75) is 93.6 Å². The van der Waals surface area contributed by atoms with Gasteiger partial charge in [0.05, 0.1) is 11.7 Å². The van der Waals surface area contributed by atoms with Gasteiger partial charge in [0.15, 0.2) is 0 Å². The number of hydrogen-bond acceptors (Lipinski definition) is 7. The molecule has 8 nitrogen and oxygen atoms in total. The van der Waals surface area contributed by atoms with Crippen LogP contribution in [0.3, 0.4) is 0 Å². The van der Waals surface area contributed by atoms with Crippen molar-refractivity contribution in [3.8, 4) is 0 Å². The van der Waals surface area contributed by atoms with Crippen molar-refractivity contribution in [2.24, 2.45) is 10.8 Å². The van der Waals surface area contributed by atoms with Crippen LogP contribution in [0, 0.1) is 10.8 Å². The van der Waals surface area contributed by atoms with Crippen molar-refractivity contribution in [3.63, 3.8) is 0 Å². The Bertz CT molecular complexity index is 536. The molecule has 0 aliphatic rings. The standard InChI is InChI=1S/C13H26O3.C8H12O5/c1-11(2)15-16-12(14)9-7-6-8-10-13(3,4)5;1-8(2,3)5(4-6(9)10)7(11)13-12/h11H,6-10H2,1-5H3;4,12H,1-3H3,(H,9,10)/b;5-4+. The molecule has 0 unspecified atom stereocenters. The van der Waals surface area contributed by atoms with Gasteiger partial charge in [0.25, 0.3) is 0 Å². The van der Waals surface area contributed by atoms with E-state index in [1.807, 2.05) is 13.8 Å². The van der Waals surface area contributed by atoms with E-state index in [1.165, 1.54) is 12.8 Å². The maximum absolute atomic E-state index is 11.2. The summed E-state index contributed by atoms with van der Waals surface area (Å²) in [5.41, 5.74) is -0.387. The van der Waals surface area contributed by atoms with E-state index in [4.69, 9.17) is 15.3 Å². The fourth-order valence-corrected chi connectivity index (χ4v) is 2.05. The monoisotopic (exact) mass is 418 g/mol. The molecular weight excluding hydrogens is 380 g/mol. The highest BCUT2D eigenvalue weighted by molar-refractivity contribution is 5.96. The Morgan fingerprint density at radius 1 is 0.966 bits per heavy atom. The molecule has 0 spiro atoms. The summed E-state index contributed by atoms with van der Waals surface area (Å²) in [5, 5.41) is 16.5. The van der Waals surface area contributed by atoms with Crippen LogP contribution in [0.15, 0.2) is 11.6 Å². The molecule has 0 saturated heterocycles. The summed E-state index contributed by atoms with van der Waals surface area (Å²) in [6.45, 7) is 15.3. The Hall–Kier alpha value is -1.93. The zero-order valence-corrected chi connectivity index (χ0v) is 19.0. The first-order chi connectivity index (χ1) is 13.1. The topological polar surface area (TPSA) is 119 Å². The average Bonchev–Trinajstić information content (AvgIpc) is 2.55. The lowest BCUT2D eigenvalue weighted by atomic mass is 9.86. The maximum Gasteiger partial charge on any atom is 0.369 e. The van der Waals surface area contributed by atoms with Gasteiger partial charge < -0.3 is 5.11 Å². The van der Waals surface area contributed by atoms with E-state index in [0.29, 0.717) is 11.8 Å². The van der Waals surface area contributed by atoms with Gasteiger partial charge in [0.1, 0.15) is 0 Å². The highest BCUT2D eigenvalue weighted by atomic mass is 17.2. The number of carboxylic acids is 1. The second kappa shape index (κ2) is 14.1.